The molecule has 0 radical (unpaired) electrons. The van der Waals surface area contributed by atoms with Crippen molar-refractivity contribution in [1.29, 1.82) is 0 Å². The molecule has 2 aromatic rings. The zero-order chi connectivity index (χ0) is 19.2. The second kappa shape index (κ2) is 8.70. The summed E-state index contributed by atoms with van der Waals surface area (Å²) in [6, 6.07) is 10.7. The molecule has 0 saturated carbocycles. The lowest BCUT2D eigenvalue weighted by Gasteiger charge is -2.31. The molecule has 1 atom stereocenters. The van der Waals surface area contributed by atoms with Crippen LogP contribution in [0.3, 0.4) is 0 Å². The molecule has 0 spiro atoms. The van der Waals surface area contributed by atoms with Gasteiger partial charge in [0.2, 0.25) is 0 Å². The van der Waals surface area contributed by atoms with Gasteiger partial charge in [-0.25, -0.2) is 4.79 Å². The fourth-order valence-electron chi connectivity index (χ4n) is 3.10. The van der Waals surface area contributed by atoms with Gasteiger partial charge >= 0.3 is 5.97 Å². The number of ether oxygens (including phenoxy) is 1. The van der Waals surface area contributed by atoms with Crippen LogP contribution in [0.15, 0.2) is 36.4 Å². The quantitative estimate of drug-likeness (QED) is 0.695. The van der Waals surface area contributed by atoms with E-state index in [2.05, 4.69) is 5.32 Å². The fraction of sp³-hybridized carbons (Fsp3) is 0.429. The molecule has 0 bridgehead atoms. The Bertz CT molecular complexity index is 787. The minimum atomic E-state index is -1.08. The van der Waals surface area contributed by atoms with Gasteiger partial charge in [0.25, 0.3) is 5.91 Å². The highest BCUT2D eigenvalue weighted by atomic mass is 16.5. The summed E-state index contributed by atoms with van der Waals surface area (Å²) in [5.41, 5.74) is -0.927. The molecule has 0 aromatic heterocycles. The Hall–Kier alpha value is -2.56. The van der Waals surface area contributed by atoms with Gasteiger partial charge in [0.15, 0.2) is 0 Å². The number of phenolic OH excluding ortho intramolecular Hbond substituents is 1. The molecule has 5 nitrogen and oxygen atoms in total. The van der Waals surface area contributed by atoms with E-state index in [1.165, 1.54) is 0 Å². The molecule has 0 aliphatic rings. The number of phenols is 1. The van der Waals surface area contributed by atoms with E-state index in [0.29, 0.717) is 18.2 Å². The van der Waals surface area contributed by atoms with Crippen molar-refractivity contribution in [3.63, 3.8) is 0 Å². The average molecular weight is 357 g/mol. The first-order chi connectivity index (χ1) is 12.5. The van der Waals surface area contributed by atoms with Crippen LogP contribution in [0.1, 0.15) is 56.8 Å². The second-order valence-corrected chi connectivity index (χ2v) is 6.40. The number of esters is 1. The summed E-state index contributed by atoms with van der Waals surface area (Å²) < 4.78 is 5.22. The number of rotatable bonds is 8. The molecular formula is C21H27NO4. The Morgan fingerprint density at radius 2 is 1.85 bits per heavy atom. The first kappa shape index (κ1) is 19.8. The Labute approximate surface area is 154 Å². The maximum Gasteiger partial charge on any atom is 0.331 e. The van der Waals surface area contributed by atoms with Crippen LogP contribution >= 0.6 is 0 Å². The average Bonchev–Trinajstić information content (AvgIpc) is 2.65. The predicted octanol–water partition coefficient (Wildman–Crippen LogP) is 4.18. The number of fused-ring (bicyclic) bond motifs is 1. The number of hydrogen-bond donors (Lipinski definition) is 2. The van der Waals surface area contributed by atoms with Gasteiger partial charge in [-0.1, -0.05) is 57.0 Å². The Morgan fingerprint density at radius 1 is 1.12 bits per heavy atom. The summed E-state index contributed by atoms with van der Waals surface area (Å²) >= 11 is 0. The van der Waals surface area contributed by atoms with Gasteiger partial charge in [0.1, 0.15) is 11.3 Å². The zero-order valence-corrected chi connectivity index (χ0v) is 15.7. The summed E-state index contributed by atoms with van der Waals surface area (Å²) in [4.78, 5) is 25.4. The molecule has 0 aliphatic heterocycles. The monoisotopic (exact) mass is 357 g/mol. The van der Waals surface area contributed by atoms with Crippen molar-refractivity contribution in [2.24, 2.45) is 0 Å². The van der Waals surface area contributed by atoms with E-state index in [9.17, 15) is 14.7 Å². The van der Waals surface area contributed by atoms with Gasteiger partial charge < -0.3 is 15.2 Å². The number of carbonyl (C=O) groups is 2. The molecule has 0 heterocycles. The largest absolute Gasteiger partial charge is 0.506 e. The second-order valence-electron chi connectivity index (χ2n) is 6.40. The summed E-state index contributed by atoms with van der Waals surface area (Å²) in [6.45, 7) is 5.88. The van der Waals surface area contributed by atoms with E-state index in [1.54, 1.807) is 31.2 Å². The van der Waals surface area contributed by atoms with Gasteiger partial charge in [0, 0.05) is 5.39 Å². The van der Waals surface area contributed by atoms with Gasteiger partial charge in [-0.3, -0.25) is 4.79 Å². The Morgan fingerprint density at radius 3 is 2.50 bits per heavy atom. The van der Waals surface area contributed by atoms with Crippen LogP contribution in [0.25, 0.3) is 10.8 Å². The van der Waals surface area contributed by atoms with Gasteiger partial charge in [-0.2, -0.15) is 0 Å². The van der Waals surface area contributed by atoms with Crippen LogP contribution < -0.4 is 5.32 Å². The van der Waals surface area contributed by atoms with Crippen molar-refractivity contribution in [2.45, 2.75) is 52.0 Å². The van der Waals surface area contributed by atoms with Crippen LogP contribution in [0.4, 0.5) is 0 Å². The lowest BCUT2D eigenvalue weighted by Crippen LogP contribution is -2.55. The minimum absolute atomic E-state index is 0.0787. The Balaban J connectivity index is 2.37. The number of carbonyl (C=O) groups excluding carboxylic acids is 2. The van der Waals surface area contributed by atoms with E-state index < -0.39 is 17.4 Å². The van der Waals surface area contributed by atoms with Gasteiger partial charge in [-0.15, -0.1) is 0 Å². The molecule has 26 heavy (non-hydrogen) atoms. The number of aromatic hydroxyl groups is 1. The fourth-order valence-corrected chi connectivity index (χ4v) is 3.10. The van der Waals surface area contributed by atoms with Crippen molar-refractivity contribution in [1.82, 2.24) is 5.32 Å². The van der Waals surface area contributed by atoms with Crippen molar-refractivity contribution >= 4 is 22.6 Å². The predicted molar refractivity (Wildman–Crippen MR) is 102 cm³/mol. The lowest BCUT2D eigenvalue weighted by molar-refractivity contribution is -0.151. The third kappa shape index (κ3) is 3.98. The van der Waals surface area contributed by atoms with Crippen LogP contribution in [0.5, 0.6) is 5.75 Å². The SMILES string of the molecule is CCCCC(CC)(NC(=O)c1ccc2ccccc2c1O)C(=O)OCC. The van der Waals surface area contributed by atoms with E-state index in [1.807, 2.05) is 26.0 Å². The highest BCUT2D eigenvalue weighted by molar-refractivity contribution is 6.05. The van der Waals surface area contributed by atoms with Gasteiger partial charge in [-0.05, 0) is 31.2 Å². The van der Waals surface area contributed by atoms with E-state index in [-0.39, 0.29) is 17.9 Å². The molecule has 0 saturated heterocycles. The normalized spacial score (nSPS) is 13.2. The summed E-state index contributed by atoms with van der Waals surface area (Å²) in [5.74, 6) is -0.978. The minimum Gasteiger partial charge on any atom is -0.506 e. The highest BCUT2D eigenvalue weighted by Crippen LogP contribution is 2.30. The van der Waals surface area contributed by atoms with E-state index >= 15 is 0 Å². The molecule has 140 valence electrons. The number of amides is 1. The summed E-state index contributed by atoms with van der Waals surface area (Å²) in [6.07, 6.45) is 2.61. The molecule has 0 fully saturated rings. The van der Waals surface area contributed by atoms with Gasteiger partial charge in [0.05, 0.1) is 12.2 Å². The molecule has 1 unspecified atom stereocenters. The third-order valence-corrected chi connectivity index (χ3v) is 4.72. The molecule has 2 aromatic carbocycles. The summed E-state index contributed by atoms with van der Waals surface area (Å²) in [7, 11) is 0. The lowest BCUT2D eigenvalue weighted by atomic mass is 9.89. The first-order valence-electron chi connectivity index (χ1n) is 9.19. The molecule has 2 rings (SSSR count). The maximum atomic E-state index is 12.9. The van der Waals surface area contributed by atoms with Crippen LogP contribution in [-0.2, 0) is 9.53 Å². The topological polar surface area (TPSA) is 75.6 Å². The van der Waals surface area contributed by atoms with Crippen molar-refractivity contribution in [3.8, 4) is 5.75 Å². The smallest absolute Gasteiger partial charge is 0.331 e. The van der Waals surface area contributed by atoms with E-state index in [4.69, 9.17) is 4.74 Å². The number of benzene rings is 2. The number of hydrogen-bond acceptors (Lipinski definition) is 4. The number of unbranched alkanes of at least 4 members (excludes halogenated alkanes) is 1. The van der Waals surface area contributed by atoms with Crippen molar-refractivity contribution < 1.29 is 19.4 Å². The number of nitrogens with one attached hydrogen (secondary N) is 1. The van der Waals surface area contributed by atoms with Crippen LogP contribution in [0.2, 0.25) is 0 Å². The summed E-state index contributed by atoms with van der Waals surface area (Å²) in [5, 5.41) is 14.8. The standard InChI is InChI=1S/C21H27NO4/c1-4-7-14-21(5-2,20(25)26-6-3)22-19(24)17-13-12-15-10-8-9-11-16(15)18(17)23/h8-13,23H,4-7,14H2,1-3H3,(H,22,24). The highest BCUT2D eigenvalue weighted by Gasteiger charge is 2.39. The molecule has 1 amide bonds. The van der Waals surface area contributed by atoms with E-state index in [0.717, 1.165) is 18.2 Å². The molecule has 5 heteroatoms. The Kier molecular flexibility index (Phi) is 6.61. The zero-order valence-electron chi connectivity index (χ0n) is 15.7. The molecular weight excluding hydrogens is 330 g/mol. The van der Waals surface area contributed by atoms with Crippen molar-refractivity contribution in [3.05, 3.63) is 42.0 Å². The van der Waals surface area contributed by atoms with Crippen molar-refractivity contribution in [2.75, 3.05) is 6.61 Å². The van der Waals surface area contributed by atoms with Crippen LogP contribution in [-0.4, -0.2) is 29.1 Å². The first-order valence-corrected chi connectivity index (χ1v) is 9.19. The molecule has 0 aliphatic carbocycles. The van der Waals surface area contributed by atoms with Crippen LogP contribution in [0, 0.1) is 0 Å². The maximum absolute atomic E-state index is 12.9. The molecule has 2 N–H and O–H groups in total. The third-order valence-electron chi connectivity index (χ3n) is 4.72.